The predicted molar refractivity (Wildman–Crippen MR) is 135 cm³/mol. The van der Waals surface area contributed by atoms with Crippen molar-refractivity contribution in [2.24, 2.45) is 11.7 Å². The van der Waals surface area contributed by atoms with Crippen LogP contribution in [-0.4, -0.2) is 58.1 Å². The van der Waals surface area contributed by atoms with Crippen molar-refractivity contribution in [3.05, 3.63) is 63.4 Å². The van der Waals surface area contributed by atoms with E-state index < -0.39 is 5.91 Å². The number of nitrogens with two attached hydrogens (primary N) is 1. The molecule has 2 aliphatic rings. The summed E-state index contributed by atoms with van der Waals surface area (Å²) in [7, 11) is 0. The summed E-state index contributed by atoms with van der Waals surface area (Å²) in [5.74, 6) is -0.191. The maximum absolute atomic E-state index is 12.9. The summed E-state index contributed by atoms with van der Waals surface area (Å²) < 4.78 is 0. The highest BCUT2D eigenvalue weighted by Gasteiger charge is 2.33. The Hall–Kier alpha value is -2.77. The van der Waals surface area contributed by atoms with Gasteiger partial charge >= 0.3 is 0 Å². The standard InChI is InChI=1S/C27H33ClN4O3/c1-17-15-31(9-10-32(17)27(35)19-5-3-4-6-19)16-22-12-23(28)11-21(18(22)2)13-25(33)20-7-8-24(26(29)34)30-14-20/h7-8,11-12,14,17,19H,3-6,9-10,13,15-16H2,1-2H3,(H2,29,34)/t17-/m0/s1. The van der Waals surface area contributed by atoms with Crippen LogP contribution in [0.15, 0.2) is 30.5 Å². The van der Waals surface area contributed by atoms with E-state index in [4.69, 9.17) is 17.3 Å². The lowest BCUT2D eigenvalue weighted by Crippen LogP contribution is -2.54. The van der Waals surface area contributed by atoms with E-state index in [0.29, 0.717) is 16.5 Å². The van der Waals surface area contributed by atoms with E-state index in [9.17, 15) is 14.4 Å². The highest BCUT2D eigenvalue weighted by Crippen LogP contribution is 2.29. The number of hydrogen-bond donors (Lipinski definition) is 1. The summed E-state index contributed by atoms with van der Waals surface area (Å²) in [6.07, 6.45) is 5.96. The van der Waals surface area contributed by atoms with Crippen LogP contribution in [-0.2, 0) is 17.8 Å². The van der Waals surface area contributed by atoms with Gasteiger partial charge in [-0.3, -0.25) is 24.3 Å². The average molecular weight is 497 g/mol. The fourth-order valence-corrected chi connectivity index (χ4v) is 5.54. The molecule has 7 nitrogen and oxygen atoms in total. The molecule has 1 saturated heterocycles. The number of rotatable bonds is 7. The SMILES string of the molecule is Cc1c(CC(=O)c2ccc(C(N)=O)nc2)cc(Cl)cc1CN1CCN(C(=O)C2CCCC2)[C@@H](C)C1. The molecule has 2 N–H and O–H groups in total. The molecule has 0 bridgehead atoms. The number of carbonyl (C=O) groups excluding carboxylic acids is 3. The first-order valence-corrected chi connectivity index (χ1v) is 12.7. The van der Waals surface area contributed by atoms with E-state index in [-0.39, 0.29) is 29.9 Å². The van der Waals surface area contributed by atoms with Gasteiger partial charge in [0.25, 0.3) is 5.91 Å². The Morgan fingerprint density at radius 1 is 1.11 bits per heavy atom. The number of aromatic nitrogens is 1. The van der Waals surface area contributed by atoms with Crippen molar-refractivity contribution < 1.29 is 14.4 Å². The van der Waals surface area contributed by atoms with E-state index in [2.05, 4.69) is 21.7 Å². The second-order valence-electron chi connectivity index (χ2n) is 9.84. The smallest absolute Gasteiger partial charge is 0.267 e. The number of halogens is 1. The topological polar surface area (TPSA) is 96.6 Å². The molecule has 186 valence electrons. The Morgan fingerprint density at radius 3 is 2.46 bits per heavy atom. The molecule has 1 aromatic heterocycles. The molecule has 0 unspecified atom stereocenters. The first kappa shape index (κ1) is 25.3. The van der Waals surface area contributed by atoms with Crippen molar-refractivity contribution >= 4 is 29.2 Å². The van der Waals surface area contributed by atoms with Crippen molar-refractivity contribution in [1.82, 2.24) is 14.8 Å². The van der Waals surface area contributed by atoms with Crippen LogP contribution in [0.4, 0.5) is 0 Å². The molecule has 2 aromatic rings. The summed E-state index contributed by atoms with van der Waals surface area (Å²) in [6.45, 7) is 7.25. The maximum atomic E-state index is 12.9. The monoisotopic (exact) mass is 496 g/mol. The molecule has 2 heterocycles. The molecule has 1 aromatic carbocycles. The minimum atomic E-state index is -0.627. The highest BCUT2D eigenvalue weighted by molar-refractivity contribution is 6.30. The first-order chi connectivity index (χ1) is 16.7. The summed E-state index contributed by atoms with van der Waals surface area (Å²) in [5, 5.41) is 0.596. The summed E-state index contributed by atoms with van der Waals surface area (Å²) in [5.41, 5.74) is 8.79. The number of nitrogens with zero attached hydrogens (tertiary/aromatic N) is 3. The Balaban J connectivity index is 1.42. The quantitative estimate of drug-likeness (QED) is 0.588. The van der Waals surface area contributed by atoms with Crippen molar-refractivity contribution in [2.45, 2.75) is 58.5 Å². The van der Waals surface area contributed by atoms with Crippen LogP contribution in [0.1, 0.15) is 70.1 Å². The van der Waals surface area contributed by atoms with Gasteiger partial charge in [0.2, 0.25) is 5.91 Å². The molecule has 0 radical (unpaired) electrons. The number of Topliss-reactive ketones (excluding diaryl/α,β-unsaturated/α-hetero) is 1. The fourth-order valence-electron chi connectivity index (χ4n) is 5.28. The maximum Gasteiger partial charge on any atom is 0.267 e. The van der Waals surface area contributed by atoms with E-state index in [0.717, 1.165) is 55.7 Å². The molecule has 2 fully saturated rings. The third-order valence-electron chi connectivity index (χ3n) is 7.37. The number of hydrogen-bond acceptors (Lipinski definition) is 5. The van der Waals surface area contributed by atoms with Crippen molar-refractivity contribution in [3.8, 4) is 0 Å². The summed E-state index contributed by atoms with van der Waals surface area (Å²) in [4.78, 5) is 45.4. The van der Waals surface area contributed by atoms with Crippen LogP contribution >= 0.6 is 11.6 Å². The Labute approximate surface area is 211 Å². The first-order valence-electron chi connectivity index (χ1n) is 12.3. The number of carbonyl (C=O) groups is 3. The lowest BCUT2D eigenvalue weighted by Gasteiger charge is -2.41. The van der Waals surface area contributed by atoms with E-state index in [1.54, 1.807) is 6.07 Å². The second kappa shape index (κ2) is 10.9. The van der Waals surface area contributed by atoms with Gasteiger partial charge < -0.3 is 10.6 Å². The number of ketones is 1. The number of amides is 2. The largest absolute Gasteiger partial charge is 0.364 e. The molecular formula is C27H33ClN4O3. The lowest BCUT2D eigenvalue weighted by molar-refractivity contribution is -0.140. The minimum Gasteiger partial charge on any atom is -0.364 e. The third-order valence-corrected chi connectivity index (χ3v) is 7.59. The van der Waals surface area contributed by atoms with Gasteiger partial charge in [-0.2, -0.15) is 0 Å². The zero-order chi connectivity index (χ0) is 25.1. The molecule has 1 aliphatic carbocycles. The molecule has 2 amide bonds. The van der Waals surface area contributed by atoms with Crippen molar-refractivity contribution in [3.63, 3.8) is 0 Å². The van der Waals surface area contributed by atoms with Gasteiger partial charge in [-0.05, 0) is 67.6 Å². The molecule has 0 spiro atoms. The summed E-state index contributed by atoms with van der Waals surface area (Å²) in [6, 6.07) is 7.01. The van der Waals surface area contributed by atoms with Gasteiger partial charge in [-0.25, -0.2) is 0 Å². The molecule has 4 rings (SSSR count). The van der Waals surface area contributed by atoms with Crippen LogP contribution in [0.2, 0.25) is 5.02 Å². The number of pyridine rings is 1. The molecular weight excluding hydrogens is 464 g/mol. The predicted octanol–water partition coefficient (Wildman–Crippen LogP) is 3.79. The fraction of sp³-hybridized carbons (Fsp3) is 0.481. The van der Waals surface area contributed by atoms with Crippen LogP contribution in [0, 0.1) is 12.8 Å². The van der Waals surface area contributed by atoms with E-state index >= 15 is 0 Å². The molecule has 35 heavy (non-hydrogen) atoms. The zero-order valence-electron chi connectivity index (χ0n) is 20.4. The lowest BCUT2D eigenvalue weighted by atomic mass is 9.96. The minimum absolute atomic E-state index is 0.0995. The molecule has 1 atom stereocenters. The Kier molecular flexibility index (Phi) is 7.87. The van der Waals surface area contributed by atoms with Crippen molar-refractivity contribution in [2.75, 3.05) is 19.6 Å². The summed E-state index contributed by atoms with van der Waals surface area (Å²) >= 11 is 6.44. The number of benzene rings is 1. The van der Waals surface area contributed by atoms with Gasteiger partial charge in [0.05, 0.1) is 0 Å². The molecule has 1 aliphatic heterocycles. The Morgan fingerprint density at radius 2 is 1.83 bits per heavy atom. The van der Waals surface area contributed by atoms with Gasteiger partial charge in [0.15, 0.2) is 5.78 Å². The average Bonchev–Trinajstić information content (AvgIpc) is 3.37. The molecule has 1 saturated carbocycles. The third kappa shape index (κ3) is 5.90. The second-order valence-corrected chi connectivity index (χ2v) is 10.3. The molecule has 8 heteroatoms. The van der Waals surface area contributed by atoms with Crippen molar-refractivity contribution in [1.29, 1.82) is 0 Å². The van der Waals surface area contributed by atoms with E-state index in [1.165, 1.54) is 25.1 Å². The van der Waals surface area contributed by atoms with Gasteiger partial charge in [-0.1, -0.05) is 24.4 Å². The Bertz CT molecular complexity index is 1110. The van der Waals surface area contributed by atoms with Crippen LogP contribution < -0.4 is 5.73 Å². The zero-order valence-corrected chi connectivity index (χ0v) is 21.2. The van der Waals surface area contributed by atoms with Gasteiger partial charge in [0.1, 0.15) is 5.69 Å². The van der Waals surface area contributed by atoms with Crippen LogP contribution in [0.25, 0.3) is 0 Å². The normalized spacial score (nSPS) is 19.2. The number of piperazine rings is 1. The van der Waals surface area contributed by atoms with Gasteiger partial charge in [0, 0.05) is 61.3 Å². The van der Waals surface area contributed by atoms with Crippen LogP contribution in [0.3, 0.4) is 0 Å². The van der Waals surface area contributed by atoms with E-state index in [1.807, 2.05) is 19.1 Å². The number of primary amides is 1. The van der Waals surface area contributed by atoms with Crippen LogP contribution in [0.5, 0.6) is 0 Å². The highest BCUT2D eigenvalue weighted by atomic mass is 35.5. The van der Waals surface area contributed by atoms with Gasteiger partial charge in [-0.15, -0.1) is 0 Å².